The first-order chi connectivity index (χ1) is 9.39. The van der Waals surface area contributed by atoms with Crippen LogP contribution in [0.4, 0.5) is 0 Å². The smallest absolute Gasteiger partial charge is 0.255 e. The molecule has 0 aromatic heterocycles. The molecular weight excluding hydrogens is 280 g/mol. The Labute approximate surface area is 117 Å². The number of benzene rings is 1. The molecule has 2 aliphatic rings. The van der Waals surface area contributed by atoms with Crippen molar-refractivity contribution in [2.24, 2.45) is 0 Å². The summed E-state index contributed by atoms with van der Waals surface area (Å²) in [6.45, 7) is 0.540. The van der Waals surface area contributed by atoms with Crippen LogP contribution >= 0.6 is 0 Å². The van der Waals surface area contributed by atoms with Crippen LogP contribution in [0, 0.1) is 0 Å². The summed E-state index contributed by atoms with van der Waals surface area (Å²) >= 11 is 0. The summed E-state index contributed by atoms with van der Waals surface area (Å²) in [6, 6.07) is 6.74. The Balaban J connectivity index is 1.71. The molecule has 1 amide bonds. The van der Waals surface area contributed by atoms with Crippen LogP contribution in [0.5, 0.6) is 0 Å². The van der Waals surface area contributed by atoms with Crippen molar-refractivity contribution in [3.8, 4) is 0 Å². The molecule has 6 nitrogen and oxygen atoms in total. The van der Waals surface area contributed by atoms with Crippen molar-refractivity contribution in [3.63, 3.8) is 0 Å². The highest BCUT2D eigenvalue weighted by Crippen LogP contribution is 2.36. The Kier molecular flexibility index (Phi) is 3.07. The lowest BCUT2D eigenvalue weighted by Gasteiger charge is -2.14. The maximum Gasteiger partial charge on any atom is 0.255 e. The Morgan fingerprint density at radius 2 is 2.10 bits per heavy atom. The lowest BCUT2D eigenvalue weighted by Crippen LogP contribution is -2.41. The molecule has 0 spiro atoms. The van der Waals surface area contributed by atoms with Gasteiger partial charge in [0.05, 0.1) is 11.4 Å². The summed E-state index contributed by atoms with van der Waals surface area (Å²) in [5, 5.41) is 12.6. The normalized spacial score (nSPS) is 23.1. The van der Waals surface area contributed by atoms with E-state index in [2.05, 4.69) is 5.32 Å². The molecule has 0 radical (unpaired) electrons. The SMILES string of the molecule is O=C(NS(=O)(=O)CC1(O)CC1)C1NCc2ccccc21. The summed E-state index contributed by atoms with van der Waals surface area (Å²) in [7, 11) is -3.81. The predicted molar refractivity (Wildman–Crippen MR) is 72.1 cm³/mol. The molecule has 1 aliphatic carbocycles. The van der Waals surface area contributed by atoms with Gasteiger partial charge >= 0.3 is 0 Å². The monoisotopic (exact) mass is 296 g/mol. The van der Waals surface area contributed by atoms with Crippen LogP contribution in [0.25, 0.3) is 0 Å². The third-order valence-corrected chi connectivity index (χ3v) is 5.10. The zero-order valence-corrected chi connectivity index (χ0v) is 11.6. The molecule has 3 N–H and O–H groups in total. The van der Waals surface area contributed by atoms with Crippen molar-refractivity contribution in [2.45, 2.75) is 31.0 Å². The number of fused-ring (bicyclic) bond motifs is 1. The lowest BCUT2D eigenvalue weighted by molar-refractivity contribution is -0.121. The second-order valence-electron chi connectivity index (χ2n) is 5.46. The van der Waals surface area contributed by atoms with E-state index in [-0.39, 0.29) is 0 Å². The number of carbonyl (C=O) groups excluding carboxylic acids is 1. The molecule has 7 heteroatoms. The van der Waals surface area contributed by atoms with E-state index in [1.807, 2.05) is 22.9 Å². The van der Waals surface area contributed by atoms with Crippen LogP contribution in [0.2, 0.25) is 0 Å². The van der Waals surface area contributed by atoms with Gasteiger partial charge in [0, 0.05) is 6.54 Å². The zero-order chi connectivity index (χ0) is 14.4. The first kappa shape index (κ1) is 13.5. The average molecular weight is 296 g/mol. The van der Waals surface area contributed by atoms with Gasteiger partial charge in [0.1, 0.15) is 6.04 Å². The van der Waals surface area contributed by atoms with Crippen LogP contribution in [0.15, 0.2) is 24.3 Å². The molecular formula is C13H16N2O4S. The highest BCUT2D eigenvalue weighted by atomic mass is 32.2. The number of rotatable bonds is 4. The van der Waals surface area contributed by atoms with Crippen LogP contribution in [-0.2, 0) is 21.4 Å². The molecule has 20 heavy (non-hydrogen) atoms. The molecule has 1 atom stereocenters. The maximum atomic E-state index is 12.1. The number of nitrogens with one attached hydrogen (secondary N) is 2. The van der Waals surface area contributed by atoms with Crippen molar-refractivity contribution in [1.29, 1.82) is 0 Å². The Hall–Kier alpha value is -1.44. The standard InChI is InChI=1S/C13H16N2O4S/c16-12(15-20(18,19)8-13(17)5-6-13)11-10-4-2-1-3-9(10)7-14-11/h1-4,11,14,17H,5-8H2,(H,15,16). The number of hydrogen-bond acceptors (Lipinski definition) is 5. The van der Waals surface area contributed by atoms with Crippen LogP contribution in [0.3, 0.4) is 0 Å². The van der Waals surface area contributed by atoms with Gasteiger partial charge in [-0.2, -0.15) is 0 Å². The highest BCUT2D eigenvalue weighted by Gasteiger charge is 2.45. The molecule has 1 fully saturated rings. The number of amides is 1. The fraction of sp³-hybridized carbons (Fsp3) is 0.462. The molecule has 0 bridgehead atoms. The zero-order valence-electron chi connectivity index (χ0n) is 10.8. The van der Waals surface area contributed by atoms with Crippen molar-refractivity contribution in [2.75, 3.05) is 5.75 Å². The van der Waals surface area contributed by atoms with Gasteiger partial charge in [-0.3, -0.25) is 14.8 Å². The number of aliphatic hydroxyl groups is 1. The third kappa shape index (κ3) is 2.70. The van der Waals surface area contributed by atoms with E-state index in [4.69, 9.17) is 0 Å². The molecule has 1 heterocycles. The third-order valence-electron chi connectivity index (χ3n) is 3.67. The van der Waals surface area contributed by atoms with Crippen LogP contribution in [-0.4, -0.2) is 30.8 Å². The second kappa shape index (κ2) is 4.54. The van der Waals surface area contributed by atoms with Gasteiger partial charge in [0.2, 0.25) is 10.0 Å². The molecule has 1 saturated carbocycles. The van der Waals surface area contributed by atoms with Crippen molar-refractivity contribution in [3.05, 3.63) is 35.4 Å². The Morgan fingerprint density at radius 1 is 1.40 bits per heavy atom. The quantitative estimate of drug-likeness (QED) is 0.715. The second-order valence-corrected chi connectivity index (χ2v) is 7.18. The molecule has 1 aromatic rings. The van der Waals surface area contributed by atoms with Gasteiger partial charge in [0.25, 0.3) is 5.91 Å². The van der Waals surface area contributed by atoms with Crippen LogP contribution < -0.4 is 10.0 Å². The van der Waals surface area contributed by atoms with E-state index in [0.717, 1.165) is 11.1 Å². The average Bonchev–Trinajstić information content (AvgIpc) is 2.91. The van der Waals surface area contributed by atoms with E-state index in [9.17, 15) is 18.3 Å². The summed E-state index contributed by atoms with van der Waals surface area (Å²) in [5.41, 5.74) is 0.642. The van der Waals surface area contributed by atoms with Gasteiger partial charge in [-0.1, -0.05) is 24.3 Å². The van der Waals surface area contributed by atoms with Gasteiger partial charge < -0.3 is 5.11 Å². The largest absolute Gasteiger partial charge is 0.389 e. The minimum Gasteiger partial charge on any atom is -0.389 e. The van der Waals surface area contributed by atoms with E-state index in [1.54, 1.807) is 6.07 Å². The maximum absolute atomic E-state index is 12.1. The molecule has 3 rings (SSSR count). The van der Waals surface area contributed by atoms with Gasteiger partial charge in [-0.05, 0) is 24.0 Å². The van der Waals surface area contributed by atoms with Gasteiger partial charge in [-0.25, -0.2) is 8.42 Å². The molecule has 108 valence electrons. The number of hydrogen-bond donors (Lipinski definition) is 3. The Morgan fingerprint density at radius 3 is 2.80 bits per heavy atom. The summed E-state index contributed by atoms with van der Waals surface area (Å²) < 4.78 is 25.7. The van der Waals surface area contributed by atoms with Crippen molar-refractivity contribution in [1.82, 2.24) is 10.0 Å². The first-order valence-electron chi connectivity index (χ1n) is 6.47. The predicted octanol–water partition coefficient (Wildman–Crippen LogP) is -0.198. The molecule has 1 aromatic carbocycles. The van der Waals surface area contributed by atoms with Gasteiger partial charge in [-0.15, -0.1) is 0 Å². The summed E-state index contributed by atoms with van der Waals surface area (Å²) in [6.07, 6.45) is 0.930. The van der Waals surface area contributed by atoms with E-state index >= 15 is 0 Å². The van der Waals surface area contributed by atoms with E-state index < -0.39 is 33.3 Å². The van der Waals surface area contributed by atoms with Crippen molar-refractivity contribution < 1.29 is 18.3 Å². The van der Waals surface area contributed by atoms with E-state index in [1.165, 1.54) is 0 Å². The Bertz CT molecular complexity index is 652. The summed E-state index contributed by atoms with van der Waals surface area (Å²) in [4.78, 5) is 12.1. The topological polar surface area (TPSA) is 95.5 Å². The van der Waals surface area contributed by atoms with Gasteiger partial charge in [0.15, 0.2) is 0 Å². The summed E-state index contributed by atoms with van der Waals surface area (Å²) in [5.74, 6) is -1.01. The molecule has 0 saturated heterocycles. The fourth-order valence-electron chi connectivity index (χ4n) is 2.42. The fourth-order valence-corrected chi connectivity index (χ4v) is 3.92. The minimum absolute atomic E-state index is 0.417. The lowest BCUT2D eigenvalue weighted by atomic mass is 10.1. The van der Waals surface area contributed by atoms with Crippen molar-refractivity contribution >= 4 is 15.9 Å². The molecule has 1 unspecified atom stereocenters. The molecule has 1 aliphatic heterocycles. The van der Waals surface area contributed by atoms with E-state index in [0.29, 0.717) is 19.4 Å². The number of carbonyl (C=O) groups is 1. The minimum atomic E-state index is -3.81. The first-order valence-corrected chi connectivity index (χ1v) is 8.12. The highest BCUT2D eigenvalue weighted by molar-refractivity contribution is 7.90. The van der Waals surface area contributed by atoms with Crippen LogP contribution in [0.1, 0.15) is 30.0 Å². The number of sulfonamides is 1.